The summed E-state index contributed by atoms with van der Waals surface area (Å²) in [5, 5.41) is 10.5. The smallest absolute Gasteiger partial charge is 0.253 e. The molecule has 1 aromatic heterocycles. The lowest BCUT2D eigenvalue weighted by atomic mass is 10.0. The summed E-state index contributed by atoms with van der Waals surface area (Å²) in [7, 11) is 0. The van der Waals surface area contributed by atoms with Crippen LogP contribution < -0.4 is 4.90 Å². The number of likely N-dealkylation sites (tertiary alicyclic amines) is 1. The highest BCUT2D eigenvalue weighted by molar-refractivity contribution is 5.95. The average molecular weight is 511 g/mol. The number of morpholine rings is 1. The number of pyridine rings is 1. The molecule has 3 aliphatic rings. The molecule has 196 valence electrons. The van der Waals surface area contributed by atoms with Gasteiger partial charge in [-0.25, -0.2) is 0 Å². The molecule has 8 heteroatoms. The molecule has 3 aromatic rings. The van der Waals surface area contributed by atoms with E-state index in [-0.39, 0.29) is 18.1 Å². The first-order valence-electron chi connectivity index (χ1n) is 13.6. The van der Waals surface area contributed by atoms with E-state index in [9.17, 15) is 10.1 Å². The van der Waals surface area contributed by atoms with E-state index in [2.05, 4.69) is 44.8 Å². The number of piperazine rings is 1. The molecule has 0 bridgehead atoms. The van der Waals surface area contributed by atoms with E-state index < -0.39 is 0 Å². The van der Waals surface area contributed by atoms with Crippen molar-refractivity contribution >= 4 is 22.5 Å². The molecule has 0 saturated carbocycles. The highest BCUT2D eigenvalue weighted by atomic mass is 16.5. The number of nitrogens with zero attached hydrogens (tertiary/aromatic N) is 6. The standard InChI is InChI=1S/C30H34N6O2/c1-22-17-36(28-10-9-24(16-31)29-27(28)8-5-11-32-29)21-26(38-22)20-33-18-25(19-33)34-12-14-35(15-13-34)30(37)23-6-3-2-4-7-23/h2-11,22,25-26H,12-15,17-21H2,1H3/t22-,26+/m1/s1. The molecule has 2 atom stereocenters. The van der Waals surface area contributed by atoms with Crippen molar-refractivity contribution in [3.05, 3.63) is 71.9 Å². The van der Waals surface area contributed by atoms with Gasteiger partial charge in [0.05, 0.1) is 23.3 Å². The van der Waals surface area contributed by atoms with Gasteiger partial charge in [0.15, 0.2) is 0 Å². The van der Waals surface area contributed by atoms with Gasteiger partial charge in [0.1, 0.15) is 6.07 Å². The van der Waals surface area contributed by atoms with Crippen LogP contribution in [0.3, 0.4) is 0 Å². The molecule has 0 radical (unpaired) electrons. The first kappa shape index (κ1) is 24.8. The molecule has 3 saturated heterocycles. The fraction of sp³-hybridized carbons (Fsp3) is 0.433. The number of anilines is 1. The molecule has 3 fully saturated rings. The monoisotopic (exact) mass is 510 g/mol. The number of fused-ring (bicyclic) bond motifs is 1. The van der Waals surface area contributed by atoms with E-state index in [0.717, 1.165) is 81.1 Å². The fourth-order valence-corrected chi connectivity index (χ4v) is 6.13. The van der Waals surface area contributed by atoms with Crippen molar-refractivity contribution in [1.82, 2.24) is 19.7 Å². The van der Waals surface area contributed by atoms with Gasteiger partial charge >= 0.3 is 0 Å². The number of hydrogen-bond acceptors (Lipinski definition) is 7. The third-order valence-corrected chi connectivity index (χ3v) is 8.07. The van der Waals surface area contributed by atoms with Crippen LogP contribution in [0, 0.1) is 11.3 Å². The average Bonchev–Trinajstić information content (AvgIpc) is 2.94. The summed E-state index contributed by atoms with van der Waals surface area (Å²) in [6.07, 6.45) is 2.00. The van der Waals surface area contributed by atoms with E-state index in [4.69, 9.17) is 4.74 Å². The Morgan fingerprint density at radius 3 is 2.55 bits per heavy atom. The Morgan fingerprint density at radius 2 is 1.79 bits per heavy atom. The Labute approximate surface area is 224 Å². The fourth-order valence-electron chi connectivity index (χ4n) is 6.13. The second-order valence-electron chi connectivity index (χ2n) is 10.7. The molecule has 4 heterocycles. The van der Waals surface area contributed by atoms with Gasteiger partial charge in [-0.15, -0.1) is 0 Å². The third kappa shape index (κ3) is 4.97. The molecular weight excluding hydrogens is 476 g/mol. The number of carbonyl (C=O) groups excluding carboxylic acids is 1. The minimum absolute atomic E-state index is 0.127. The number of nitriles is 1. The second kappa shape index (κ2) is 10.7. The minimum atomic E-state index is 0.127. The number of ether oxygens (including phenoxy) is 1. The highest BCUT2D eigenvalue weighted by Crippen LogP contribution is 2.31. The Kier molecular flexibility index (Phi) is 6.98. The van der Waals surface area contributed by atoms with Crippen molar-refractivity contribution in [2.45, 2.75) is 25.2 Å². The first-order valence-corrected chi connectivity index (χ1v) is 13.6. The topological polar surface area (TPSA) is 75.9 Å². The number of carbonyl (C=O) groups is 1. The van der Waals surface area contributed by atoms with Crippen molar-refractivity contribution in [1.29, 1.82) is 5.26 Å². The largest absolute Gasteiger partial charge is 0.370 e. The van der Waals surface area contributed by atoms with E-state index in [1.54, 1.807) is 6.20 Å². The normalized spacial score (nSPS) is 23.3. The lowest BCUT2D eigenvalue weighted by Crippen LogP contribution is -2.65. The predicted octanol–water partition coefficient (Wildman–Crippen LogP) is 2.84. The summed E-state index contributed by atoms with van der Waals surface area (Å²) in [6.45, 7) is 10.2. The Morgan fingerprint density at radius 1 is 1.00 bits per heavy atom. The molecule has 0 unspecified atom stereocenters. The zero-order chi connectivity index (χ0) is 26.1. The van der Waals surface area contributed by atoms with E-state index in [0.29, 0.717) is 11.6 Å². The van der Waals surface area contributed by atoms with Crippen LogP contribution in [0.25, 0.3) is 10.9 Å². The Balaban J connectivity index is 1.02. The number of amides is 1. The number of rotatable bonds is 5. The molecule has 6 rings (SSSR count). The maximum Gasteiger partial charge on any atom is 0.253 e. The second-order valence-corrected chi connectivity index (χ2v) is 10.7. The Bertz CT molecular complexity index is 1330. The SMILES string of the molecule is C[C@@H]1CN(c2ccc(C#N)c3ncccc23)C[C@H](CN2CC(N3CCN(C(=O)c4ccccc4)CC3)C2)O1. The van der Waals surface area contributed by atoms with E-state index in [1.807, 2.05) is 47.4 Å². The number of aromatic nitrogens is 1. The summed E-state index contributed by atoms with van der Waals surface area (Å²) < 4.78 is 6.36. The van der Waals surface area contributed by atoms with Gasteiger partial charge in [-0.05, 0) is 43.3 Å². The molecule has 1 amide bonds. The van der Waals surface area contributed by atoms with Crippen LogP contribution in [0.2, 0.25) is 0 Å². The van der Waals surface area contributed by atoms with Crippen LogP contribution in [0.5, 0.6) is 0 Å². The van der Waals surface area contributed by atoms with Crippen molar-refractivity contribution in [3.8, 4) is 6.07 Å². The number of benzene rings is 2. The molecule has 8 nitrogen and oxygen atoms in total. The summed E-state index contributed by atoms with van der Waals surface area (Å²) in [4.78, 5) is 26.6. The van der Waals surface area contributed by atoms with Gasteiger partial charge in [-0.3, -0.25) is 19.6 Å². The van der Waals surface area contributed by atoms with E-state index in [1.165, 1.54) is 0 Å². The van der Waals surface area contributed by atoms with Crippen LogP contribution in [0.4, 0.5) is 5.69 Å². The summed E-state index contributed by atoms with van der Waals surface area (Å²) in [6, 6.07) is 20.3. The van der Waals surface area contributed by atoms with Gasteiger partial charge in [-0.2, -0.15) is 5.26 Å². The van der Waals surface area contributed by atoms with Gasteiger partial charge in [-0.1, -0.05) is 18.2 Å². The van der Waals surface area contributed by atoms with Gasteiger partial charge in [0.2, 0.25) is 0 Å². The van der Waals surface area contributed by atoms with Crippen molar-refractivity contribution < 1.29 is 9.53 Å². The lowest BCUT2D eigenvalue weighted by Gasteiger charge is -2.50. The maximum absolute atomic E-state index is 12.8. The zero-order valence-electron chi connectivity index (χ0n) is 21.9. The van der Waals surface area contributed by atoms with Crippen molar-refractivity contribution in [2.24, 2.45) is 0 Å². The maximum atomic E-state index is 12.8. The molecule has 0 N–H and O–H groups in total. The molecule has 2 aromatic carbocycles. The summed E-state index contributed by atoms with van der Waals surface area (Å²) in [5.74, 6) is 0.138. The Hall–Kier alpha value is -3.51. The van der Waals surface area contributed by atoms with Crippen LogP contribution in [-0.4, -0.2) is 103 Å². The summed E-state index contributed by atoms with van der Waals surface area (Å²) >= 11 is 0. The van der Waals surface area contributed by atoms with Gasteiger partial charge in [0.25, 0.3) is 5.91 Å². The molecule has 38 heavy (non-hydrogen) atoms. The van der Waals surface area contributed by atoms with Crippen molar-refractivity contribution in [3.63, 3.8) is 0 Å². The van der Waals surface area contributed by atoms with Crippen molar-refractivity contribution in [2.75, 3.05) is 63.8 Å². The van der Waals surface area contributed by atoms with E-state index >= 15 is 0 Å². The zero-order valence-corrected chi connectivity index (χ0v) is 21.9. The van der Waals surface area contributed by atoms with Crippen LogP contribution >= 0.6 is 0 Å². The first-order chi connectivity index (χ1) is 18.6. The molecule has 3 aliphatic heterocycles. The number of hydrogen-bond donors (Lipinski definition) is 0. The van der Waals surface area contributed by atoms with Gasteiger partial charge in [0, 0.05) is 87.8 Å². The summed E-state index contributed by atoms with van der Waals surface area (Å²) in [5.41, 5.74) is 3.27. The van der Waals surface area contributed by atoms with Gasteiger partial charge < -0.3 is 14.5 Å². The van der Waals surface area contributed by atoms with Crippen LogP contribution in [0.1, 0.15) is 22.8 Å². The lowest BCUT2D eigenvalue weighted by molar-refractivity contribution is -0.0608. The quantitative estimate of drug-likeness (QED) is 0.523. The van der Waals surface area contributed by atoms with Crippen LogP contribution in [0.15, 0.2) is 60.8 Å². The highest BCUT2D eigenvalue weighted by Gasteiger charge is 2.37. The minimum Gasteiger partial charge on any atom is -0.370 e. The third-order valence-electron chi connectivity index (χ3n) is 8.07. The molecular formula is C30H34N6O2. The molecule has 0 aliphatic carbocycles. The predicted molar refractivity (Wildman–Crippen MR) is 147 cm³/mol. The molecule has 0 spiro atoms. The van der Waals surface area contributed by atoms with Crippen LogP contribution in [-0.2, 0) is 4.74 Å².